The first-order chi connectivity index (χ1) is 10.3. The Kier molecular flexibility index (Phi) is 4.78. The Labute approximate surface area is 127 Å². The van der Waals surface area contributed by atoms with Gasteiger partial charge in [0, 0.05) is 51.0 Å². The lowest BCUT2D eigenvalue weighted by Gasteiger charge is -2.37. The molecular weight excluding hydrogens is 262 g/mol. The van der Waals surface area contributed by atoms with E-state index in [2.05, 4.69) is 40.2 Å². The minimum absolute atomic E-state index is 0.265. The van der Waals surface area contributed by atoms with Crippen LogP contribution in [-0.4, -0.2) is 55.4 Å². The van der Waals surface area contributed by atoms with Gasteiger partial charge in [-0.25, -0.2) is 0 Å². The Morgan fingerprint density at radius 1 is 1.19 bits per heavy atom. The number of piperazine rings is 1. The first-order valence-electron chi connectivity index (χ1n) is 8.17. The molecule has 1 aliphatic carbocycles. The van der Waals surface area contributed by atoms with Gasteiger partial charge in [0.1, 0.15) is 0 Å². The van der Waals surface area contributed by atoms with Gasteiger partial charge in [0.25, 0.3) is 0 Å². The van der Waals surface area contributed by atoms with Gasteiger partial charge in [0.15, 0.2) is 0 Å². The third-order valence-corrected chi connectivity index (χ3v) is 4.52. The third-order valence-electron chi connectivity index (χ3n) is 4.52. The zero-order chi connectivity index (χ0) is 14.7. The number of anilines is 1. The van der Waals surface area contributed by atoms with E-state index >= 15 is 0 Å². The fraction of sp³-hybridized carbons (Fsp3) is 0.647. The molecular formula is C17H27N3O. The van der Waals surface area contributed by atoms with Gasteiger partial charge < -0.3 is 15.3 Å². The Morgan fingerprint density at radius 3 is 2.62 bits per heavy atom. The quantitative estimate of drug-likeness (QED) is 0.829. The number of nitrogens with zero attached hydrogens (tertiary/aromatic N) is 2. The number of aliphatic hydroxyl groups excluding tert-OH is 1. The van der Waals surface area contributed by atoms with Crippen molar-refractivity contribution in [2.75, 3.05) is 44.2 Å². The van der Waals surface area contributed by atoms with Crippen LogP contribution in [0.3, 0.4) is 0 Å². The van der Waals surface area contributed by atoms with E-state index in [4.69, 9.17) is 5.11 Å². The van der Waals surface area contributed by atoms with Gasteiger partial charge >= 0.3 is 0 Å². The summed E-state index contributed by atoms with van der Waals surface area (Å²) in [6.45, 7) is 8.42. The molecule has 116 valence electrons. The van der Waals surface area contributed by atoms with Crippen LogP contribution in [0.15, 0.2) is 18.2 Å². The van der Waals surface area contributed by atoms with Crippen molar-refractivity contribution in [2.24, 2.45) is 0 Å². The van der Waals surface area contributed by atoms with E-state index in [9.17, 15) is 0 Å². The number of rotatable bonds is 6. The molecule has 1 saturated heterocycles. The summed E-state index contributed by atoms with van der Waals surface area (Å²) in [4.78, 5) is 4.84. The molecule has 2 fully saturated rings. The predicted molar refractivity (Wildman–Crippen MR) is 86.8 cm³/mol. The van der Waals surface area contributed by atoms with Crippen LogP contribution in [0.5, 0.6) is 0 Å². The Balaban J connectivity index is 1.66. The van der Waals surface area contributed by atoms with Crippen LogP contribution in [-0.2, 0) is 6.54 Å². The van der Waals surface area contributed by atoms with Crippen molar-refractivity contribution in [3.63, 3.8) is 0 Å². The molecule has 0 aromatic heterocycles. The van der Waals surface area contributed by atoms with E-state index in [0.29, 0.717) is 0 Å². The Hall–Kier alpha value is -1.10. The maximum Gasteiger partial charge on any atom is 0.0558 e. The van der Waals surface area contributed by atoms with Gasteiger partial charge in [-0.15, -0.1) is 0 Å². The number of benzene rings is 1. The van der Waals surface area contributed by atoms with Crippen molar-refractivity contribution in [1.29, 1.82) is 0 Å². The standard InChI is InChI=1S/C17H27N3O/c1-14-2-5-17(15(12-14)13-18-16-3-4-16)20-8-6-19(7-9-20)10-11-21/h2,5,12,16,18,21H,3-4,6-11,13H2,1H3. The normalized spacial score (nSPS) is 20.0. The molecule has 1 aromatic carbocycles. The minimum Gasteiger partial charge on any atom is -0.395 e. The van der Waals surface area contributed by atoms with Crippen LogP contribution in [0.25, 0.3) is 0 Å². The molecule has 4 nitrogen and oxygen atoms in total. The second-order valence-corrected chi connectivity index (χ2v) is 6.34. The highest BCUT2D eigenvalue weighted by Gasteiger charge is 2.22. The largest absolute Gasteiger partial charge is 0.395 e. The summed E-state index contributed by atoms with van der Waals surface area (Å²) in [5, 5.41) is 12.7. The first-order valence-corrected chi connectivity index (χ1v) is 8.17. The van der Waals surface area contributed by atoms with Gasteiger partial charge in [-0.05, 0) is 31.4 Å². The topological polar surface area (TPSA) is 38.7 Å². The molecule has 4 heteroatoms. The number of nitrogens with one attached hydrogen (secondary N) is 1. The summed E-state index contributed by atoms with van der Waals surface area (Å²) in [6.07, 6.45) is 2.67. The lowest BCUT2D eigenvalue weighted by molar-refractivity contribution is 0.188. The highest BCUT2D eigenvalue weighted by molar-refractivity contribution is 5.55. The van der Waals surface area contributed by atoms with Crippen LogP contribution in [0, 0.1) is 6.92 Å². The molecule has 2 N–H and O–H groups in total. The zero-order valence-corrected chi connectivity index (χ0v) is 13.0. The van der Waals surface area contributed by atoms with Gasteiger partial charge in [0.05, 0.1) is 6.61 Å². The highest BCUT2D eigenvalue weighted by atomic mass is 16.3. The molecule has 1 heterocycles. The molecule has 1 aliphatic heterocycles. The third kappa shape index (κ3) is 3.96. The SMILES string of the molecule is Cc1ccc(N2CCN(CCO)CC2)c(CNC2CC2)c1. The summed E-state index contributed by atoms with van der Waals surface area (Å²) in [7, 11) is 0. The zero-order valence-electron chi connectivity index (χ0n) is 13.0. The van der Waals surface area contributed by atoms with Gasteiger partial charge in [-0.3, -0.25) is 4.90 Å². The summed E-state index contributed by atoms with van der Waals surface area (Å²) in [6, 6.07) is 7.57. The summed E-state index contributed by atoms with van der Waals surface area (Å²) in [5.74, 6) is 0. The lowest BCUT2D eigenvalue weighted by atomic mass is 10.1. The van der Waals surface area contributed by atoms with E-state index < -0.39 is 0 Å². The monoisotopic (exact) mass is 289 g/mol. The van der Waals surface area contributed by atoms with E-state index in [1.807, 2.05) is 0 Å². The second-order valence-electron chi connectivity index (χ2n) is 6.34. The number of β-amino-alcohol motifs (C(OH)–C–C–N with tert-alkyl or cyclic N) is 1. The molecule has 0 atom stereocenters. The van der Waals surface area contributed by atoms with Crippen LogP contribution in [0.4, 0.5) is 5.69 Å². The molecule has 0 bridgehead atoms. The molecule has 1 aromatic rings. The van der Waals surface area contributed by atoms with E-state index in [0.717, 1.165) is 45.3 Å². The molecule has 1 saturated carbocycles. The fourth-order valence-corrected chi connectivity index (χ4v) is 3.06. The number of aryl methyl sites for hydroxylation is 1. The molecule has 0 radical (unpaired) electrons. The average Bonchev–Trinajstić information content (AvgIpc) is 3.31. The molecule has 21 heavy (non-hydrogen) atoms. The van der Waals surface area contributed by atoms with Crippen LogP contribution < -0.4 is 10.2 Å². The van der Waals surface area contributed by atoms with Crippen molar-refractivity contribution in [1.82, 2.24) is 10.2 Å². The maximum atomic E-state index is 9.04. The van der Waals surface area contributed by atoms with E-state index in [1.54, 1.807) is 0 Å². The van der Waals surface area contributed by atoms with Gasteiger partial charge in [-0.2, -0.15) is 0 Å². The van der Waals surface area contributed by atoms with Crippen LogP contribution >= 0.6 is 0 Å². The van der Waals surface area contributed by atoms with Crippen molar-refractivity contribution in [3.8, 4) is 0 Å². The summed E-state index contributed by atoms with van der Waals surface area (Å²) in [5.41, 5.74) is 4.15. The predicted octanol–water partition coefficient (Wildman–Crippen LogP) is 1.36. The lowest BCUT2D eigenvalue weighted by Crippen LogP contribution is -2.47. The average molecular weight is 289 g/mol. The number of hydrogen-bond donors (Lipinski definition) is 2. The fourth-order valence-electron chi connectivity index (χ4n) is 3.06. The van der Waals surface area contributed by atoms with Crippen LogP contribution in [0.2, 0.25) is 0 Å². The van der Waals surface area contributed by atoms with Gasteiger partial charge in [0.2, 0.25) is 0 Å². The molecule has 0 spiro atoms. The highest BCUT2D eigenvalue weighted by Crippen LogP contribution is 2.25. The second kappa shape index (κ2) is 6.77. The van der Waals surface area contributed by atoms with Crippen LogP contribution in [0.1, 0.15) is 24.0 Å². The molecule has 2 aliphatic rings. The molecule has 0 amide bonds. The van der Waals surface area contributed by atoms with E-state index in [-0.39, 0.29) is 6.61 Å². The van der Waals surface area contributed by atoms with Gasteiger partial charge in [-0.1, -0.05) is 17.7 Å². The molecule has 0 unspecified atom stereocenters. The first kappa shape index (κ1) is 14.8. The summed E-state index contributed by atoms with van der Waals surface area (Å²) >= 11 is 0. The Morgan fingerprint density at radius 2 is 1.95 bits per heavy atom. The van der Waals surface area contributed by atoms with Crippen molar-refractivity contribution < 1.29 is 5.11 Å². The number of aliphatic hydroxyl groups is 1. The van der Waals surface area contributed by atoms with Crippen molar-refractivity contribution in [3.05, 3.63) is 29.3 Å². The summed E-state index contributed by atoms with van der Waals surface area (Å²) < 4.78 is 0. The number of hydrogen-bond acceptors (Lipinski definition) is 4. The Bertz CT molecular complexity index is 465. The van der Waals surface area contributed by atoms with E-state index in [1.165, 1.54) is 29.7 Å². The smallest absolute Gasteiger partial charge is 0.0558 e. The maximum absolute atomic E-state index is 9.04. The molecule has 3 rings (SSSR count). The van der Waals surface area contributed by atoms with Crippen molar-refractivity contribution in [2.45, 2.75) is 32.4 Å². The van der Waals surface area contributed by atoms with Crippen molar-refractivity contribution >= 4 is 5.69 Å². The minimum atomic E-state index is 0.265.